The van der Waals surface area contributed by atoms with Gasteiger partial charge in [-0.25, -0.2) is 18.4 Å². The standard InChI is InChI=1S/C29H38N6O7S/c1-29(2,3)42-28(37)35-14-13-34(4)43(38,39)21-11-9-20(10-12-21)23-19-31-26(30)25(32-23)27(36)33-22-7-5-6-8-24(22)41-18-17-40-16-15-35/h5-12,19,28,37H,13-18H2,1-4H3,(H2,30,31)(H,33,36). The summed E-state index contributed by atoms with van der Waals surface area (Å²) in [4.78, 5) is 23.4. The van der Waals surface area contributed by atoms with Gasteiger partial charge in [-0.05, 0) is 45.0 Å². The Hall–Kier alpha value is -3.66. The average molecular weight is 615 g/mol. The van der Waals surface area contributed by atoms with Gasteiger partial charge in [-0.1, -0.05) is 24.3 Å². The molecule has 5 rings (SSSR count). The number of fused-ring (bicyclic) bond motifs is 13. The van der Waals surface area contributed by atoms with Crippen molar-refractivity contribution in [3.63, 3.8) is 0 Å². The van der Waals surface area contributed by atoms with Gasteiger partial charge in [0.05, 0.1) is 41.3 Å². The first-order valence-corrected chi connectivity index (χ1v) is 15.2. The van der Waals surface area contributed by atoms with Crippen molar-refractivity contribution < 1.29 is 32.5 Å². The first-order chi connectivity index (χ1) is 20.3. The quantitative estimate of drug-likeness (QED) is 0.286. The predicted molar refractivity (Wildman–Crippen MR) is 161 cm³/mol. The van der Waals surface area contributed by atoms with Crippen LogP contribution in [0.3, 0.4) is 0 Å². The van der Waals surface area contributed by atoms with Crippen LogP contribution in [0.1, 0.15) is 31.3 Å². The number of ether oxygens (including phenoxy) is 3. The van der Waals surface area contributed by atoms with Crippen LogP contribution in [0.4, 0.5) is 11.5 Å². The molecule has 232 valence electrons. The highest BCUT2D eigenvalue weighted by Gasteiger charge is 2.26. The van der Waals surface area contributed by atoms with Crippen molar-refractivity contribution in [2.75, 3.05) is 57.6 Å². The monoisotopic (exact) mass is 614 g/mol. The molecular formula is C29H38N6O7S. The van der Waals surface area contributed by atoms with E-state index in [-0.39, 0.29) is 55.9 Å². The van der Waals surface area contributed by atoms with E-state index in [1.165, 1.54) is 29.7 Å². The zero-order chi connectivity index (χ0) is 31.2. The third kappa shape index (κ3) is 8.46. The molecule has 43 heavy (non-hydrogen) atoms. The van der Waals surface area contributed by atoms with Crippen LogP contribution in [-0.2, 0) is 19.5 Å². The number of anilines is 2. The minimum absolute atomic E-state index is 0.0598. The molecule has 1 atom stereocenters. The van der Waals surface area contributed by atoms with Crippen molar-refractivity contribution >= 4 is 27.4 Å². The summed E-state index contributed by atoms with van der Waals surface area (Å²) in [6, 6.07) is 13.0. The van der Waals surface area contributed by atoms with Gasteiger partial charge in [-0.15, -0.1) is 0 Å². The van der Waals surface area contributed by atoms with Gasteiger partial charge in [0.2, 0.25) is 16.4 Å². The number of aromatic nitrogens is 2. The summed E-state index contributed by atoms with van der Waals surface area (Å²) in [6.07, 6.45) is 0.138. The second-order valence-electron chi connectivity index (χ2n) is 10.8. The molecule has 1 unspecified atom stereocenters. The van der Waals surface area contributed by atoms with Gasteiger partial charge >= 0.3 is 0 Å². The number of carbonyl (C=O) groups excluding carboxylic acids is 1. The molecule has 2 aliphatic rings. The number of hydrogen-bond donors (Lipinski definition) is 3. The maximum atomic E-state index is 13.3. The maximum Gasteiger partial charge on any atom is 0.278 e. The van der Waals surface area contributed by atoms with E-state index in [4.69, 9.17) is 19.9 Å². The topological polar surface area (TPSA) is 169 Å². The lowest BCUT2D eigenvalue weighted by molar-refractivity contribution is -0.240. The highest BCUT2D eigenvalue weighted by Crippen LogP contribution is 2.26. The summed E-state index contributed by atoms with van der Waals surface area (Å²) < 4.78 is 45.2. The molecule has 4 bridgehead atoms. The van der Waals surface area contributed by atoms with E-state index in [0.717, 1.165) is 0 Å². The number of aliphatic hydroxyl groups excluding tert-OH is 1. The number of benzene rings is 2. The molecule has 4 N–H and O–H groups in total. The van der Waals surface area contributed by atoms with E-state index in [2.05, 4.69) is 15.3 Å². The first-order valence-electron chi connectivity index (χ1n) is 13.8. The van der Waals surface area contributed by atoms with Crippen molar-refractivity contribution in [2.24, 2.45) is 0 Å². The summed E-state index contributed by atoms with van der Waals surface area (Å²) in [5.41, 5.74) is 6.56. The van der Waals surface area contributed by atoms with Crippen LogP contribution >= 0.6 is 0 Å². The number of nitrogens with two attached hydrogens (primary N) is 1. The fourth-order valence-electron chi connectivity index (χ4n) is 4.17. The maximum absolute atomic E-state index is 13.3. The molecule has 0 radical (unpaired) electrons. The fourth-order valence-corrected chi connectivity index (χ4v) is 5.33. The van der Waals surface area contributed by atoms with Gasteiger partial charge in [0.15, 0.2) is 11.5 Å². The molecule has 1 aromatic heterocycles. The molecule has 2 aliphatic heterocycles. The Bertz CT molecular complexity index is 1510. The van der Waals surface area contributed by atoms with Crippen LogP contribution in [0.5, 0.6) is 5.75 Å². The predicted octanol–water partition coefficient (Wildman–Crippen LogP) is 2.40. The van der Waals surface area contributed by atoms with Gasteiger partial charge in [0.25, 0.3) is 5.91 Å². The summed E-state index contributed by atoms with van der Waals surface area (Å²) in [6.45, 7) is 6.61. The smallest absolute Gasteiger partial charge is 0.278 e. The number of aliphatic hydroxyl groups is 1. The lowest BCUT2D eigenvalue weighted by Crippen LogP contribution is -2.46. The molecule has 0 saturated carbocycles. The number of amides is 1. The summed E-state index contributed by atoms with van der Waals surface area (Å²) in [5.74, 6) is -0.214. The van der Waals surface area contributed by atoms with E-state index in [9.17, 15) is 18.3 Å². The number of hydrogen-bond acceptors (Lipinski definition) is 11. The Labute approximate surface area is 251 Å². The van der Waals surface area contributed by atoms with Crippen molar-refractivity contribution in [2.45, 2.75) is 37.7 Å². The molecule has 0 aliphatic carbocycles. The van der Waals surface area contributed by atoms with E-state index in [1.807, 2.05) is 20.8 Å². The van der Waals surface area contributed by atoms with Crippen molar-refractivity contribution in [1.29, 1.82) is 0 Å². The highest BCUT2D eigenvalue weighted by molar-refractivity contribution is 7.89. The first kappa shape index (κ1) is 32.3. The highest BCUT2D eigenvalue weighted by atomic mass is 32.2. The number of para-hydroxylation sites is 2. The molecule has 2 aromatic carbocycles. The van der Waals surface area contributed by atoms with Crippen LogP contribution in [-0.4, -0.2) is 97.1 Å². The largest absolute Gasteiger partial charge is 0.489 e. The van der Waals surface area contributed by atoms with Gasteiger partial charge in [0.1, 0.15) is 12.4 Å². The number of carbonyl (C=O) groups is 1. The van der Waals surface area contributed by atoms with Crippen molar-refractivity contribution in [1.82, 2.24) is 19.2 Å². The van der Waals surface area contributed by atoms with Crippen LogP contribution < -0.4 is 15.8 Å². The Morgan fingerprint density at radius 2 is 1.77 bits per heavy atom. The Morgan fingerprint density at radius 1 is 1.05 bits per heavy atom. The number of rotatable bonds is 2. The molecule has 13 nitrogen and oxygen atoms in total. The number of nitrogens with one attached hydrogen (secondary N) is 1. The van der Waals surface area contributed by atoms with Gasteiger partial charge in [-0.2, -0.15) is 4.31 Å². The zero-order valence-corrected chi connectivity index (χ0v) is 25.5. The number of sulfonamides is 1. The molecule has 0 fully saturated rings. The molecule has 3 heterocycles. The SMILES string of the molecule is CN1CCN(C(O)OC(C)(C)C)CCOCCOc2ccccc2NC(=O)c2nc(cnc2N)-c2ccc(cc2)S1(=O)=O. The molecule has 14 heteroatoms. The van der Waals surface area contributed by atoms with Crippen LogP contribution in [0.15, 0.2) is 59.6 Å². The second kappa shape index (κ2) is 13.8. The minimum atomic E-state index is -3.86. The Morgan fingerprint density at radius 3 is 2.49 bits per heavy atom. The van der Waals surface area contributed by atoms with E-state index >= 15 is 0 Å². The van der Waals surface area contributed by atoms with E-state index in [0.29, 0.717) is 22.7 Å². The van der Waals surface area contributed by atoms with E-state index < -0.39 is 27.9 Å². The summed E-state index contributed by atoms with van der Waals surface area (Å²) >= 11 is 0. The second-order valence-corrected chi connectivity index (χ2v) is 12.9. The van der Waals surface area contributed by atoms with Crippen molar-refractivity contribution in [3.05, 3.63) is 60.4 Å². The minimum Gasteiger partial charge on any atom is -0.489 e. The number of nitrogens with zero attached hydrogens (tertiary/aromatic N) is 4. The Balaban J connectivity index is 1.65. The fraction of sp³-hybridized carbons (Fsp3) is 0.414. The van der Waals surface area contributed by atoms with Gasteiger partial charge in [0, 0.05) is 32.2 Å². The number of nitrogen functional groups attached to an aromatic ring is 1. The molecule has 0 spiro atoms. The lowest BCUT2D eigenvalue weighted by atomic mass is 10.1. The number of likely N-dealkylation sites (N-methyl/N-ethyl adjacent to an activating group) is 1. The van der Waals surface area contributed by atoms with Crippen LogP contribution in [0.2, 0.25) is 0 Å². The average Bonchev–Trinajstić information content (AvgIpc) is 2.95. The van der Waals surface area contributed by atoms with Crippen LogP contribution in [0, 0.1) is 0 Å². The molecule has 0 saturated heterocycles. The summed E-state index contributed by atoms with van der Waals surface area (Å²) in [5, 5.41) is 13.5. The van der Waals surface area contributed by atoms with E-state index in [1.54, 1.807) is 41.3 Å². The Kier molecular flexibility index (Phi) is 10.3. The zero-order valence-electron chi connectivity index (χ0n) is 24.7. The van der Waals surface area contributed by atoms with Gasteiger partial charge in [-0.3, -0.25) is 9.69 Å². The third-order valence-electron chi connectivity index (χ3n) is 6.49. The lowest BCUT2D eigenvalue weighted by Gasteiger charge is -2.33. The molecular weight excluding hydrogens is 576 g/mol. The third-order valence-corrected chi connectivity index (χ3v) is 8.36. The molecule has 3 aromatic rings. The normalized spacial score (nSPS) is 18.4. The molecule has 1 amide bonds. The van der Waals surface area contributed by atoms with Crippen molar-refractivity contribution in [3.8, 4) is 17.0 Å². The van der Waals surface area contributed by atoms with Crippen LogP contribution in [0.25, 0.3) is 11.3 Å². The van der Waals surface area contributed by atoms with Gasteiger partial charge < -0.3 is 30.4 Å². The summed E-state index contributed by atoms with van der Waals surface area (Å²) in [7, 11) is -2.39.